The van der Waals surface area contributed by atoms with E-state index in [0.717, 1.165) is 30.8 Å². The summed E-state index contributed by atoms with van der Waals surface area (Å²) in [6, 6.07) is 2.31. The zero-order valence-electron chi connectivity index (χ0n) is 14.0. The molecule has 1 N–H and O–H groups in total. The Hall–Kier alpha value is -1.30. The number of H-pyrrole nitrogens is 1. The molecule has 1 heterocycles. The highest BCUT2D eigenvalue weighted by molar-refractivity contribution is 5.23. The number of hydrogen-bond acceptors (Lipinski definition) is 2. The summed E-state index contributed by atoms with van der Waals surface area (Å²) in [7, 11) is 0. The number of aromatic nitrogens is 2. The molecule has 1 unspecified atom stereocenters. The van der Waals surface area contributed by atoms with Crippen LogP contribution in [0, 0.1) is 11.3 Å². The van der Waals surface area contributed by atoms with Gasteiger partial charge < -0.3 is 4.98 Å². The lowest BCUT2D eigenvalue weighted by molar-refractivity contribution is 0.585. The zero-order valence-corrected chi connectivity index (χ0v) is 14.0. The third kappa shape index (κ3) is 6.33. The summed E-state index contributed by atoms with van der Waals surface area (Å²) in [5.74, 6) is 0.967. The van der Waals surface area contributed by atoms with Crippen LogP contribution in [0.15, 0.2) is 0 Å². The first-order valence-electron chi connectivity index (χ1n) is 8.70. The van der Waals surface area contributed by atoms with E-state index in [0.29, 0.717) is 0 Å². The van der Waals surface area contributed by atoms with Crippen molar-refractivity contribution in [1.29, 1.82) is 5.26 Å². The van der Waals surface area contributed by atoms with Gasteiger partial charge in [-0.3, -0.25) is 0 Å². The number of rotatable bonds is 11. The molecule has 0 aliphatic rings. The van der Waals surface area contributed by atoms with Gasteiger partial charge in [0.25, 0.3) is 0 Å². The summed E-state index contributed by atoms with van der Waals surface area (Å²) in [6.45, 7) is 6.36. The second-order valence-corrected chi connectivity index (χ2v) is 6.02. The molecule has 0 fully saturated rings. The minimum Gasteiger partial charge on any atom is -0.346 e. The monoisotopic (exact) mass is 289 g/mol. The van der Waals surface area contributed by atoms with Crippen LogP contribution in [0.1, 0.15) is 95.3 Å². The standard InChI is InChI=1S/C18H31N3/c1-4-6-7-8-9-10-11-13-17-20-16(12-5-2)18(21-17)15(3)14-19/h15H,4-13H2,1-3H3,(H,20,21). The van der Waals surface area contributed by atoms with Crippen molar-refractivity contribution in [3.05, 3.63) is 17.2 Å². The van der Waals surface area contributed by atoms with Crippen LogP contribution in [0.2, 0.25) is 0 Å². The molecule has 0 radical (unpaired) electrons. The quantitative estimate of drug-likeness (QED) is 0.563. The highest BCUT2D eigenvalue weighted by atomic mass is 14.9. The van der Waals surface area contributed by atoms with E-state index in [9.17, 15) is 0 Å². The smallest absolute Gasteiger partial charge is 0.106 e. The average molecular weight is 289 g/mol. The Bertz CT molecular complexity index is 428. The molecule has 21 heavy (non-hydrogen) atoms. The average Bonchev–Trinajstić information content (AvgIpc) is 2.89. The maximum absolute atomic E-state index is 9.10. The van der Waals surface area contributed by atoms with Crippen molar-refractivity contribution in [2.24, 2.45) is 0 Å². The maximum atomic E-state index is 9.10. The predicted molar refractivity (Wildman–Crippen MR) is 88.3 cm³/mol. The van der Waals surface area contributed by atoms with Gasteiger partial charge in [0.15, 0.2) is 0 Å². The molecule has 0 aliphatic carbocycles. The van der Waals surface area contributed by atoms with Crippen molar-refractivity contribution in [1.82, 2.24) is 9.97 Å². The summed E-state index contributed by atoms with van der Waals surface area (Å²) in [5.41, 5.74) is 2.14. The summed E-state index contributed by atoms with van der Waals surface area (Å²) in [6.07, 6.45) is 12.3. The number of aryl methyl sites for hydroxylation is 2. The number of nitrogens with zero attached hydrogens (tertiary/aromatic N) is 2. The van der Waals surface area contributed by atoms with Gasteiger partial charge in [-0.25, -0.2) is 4.98 Å². The number of nitrogens with one attached hydrogen (secondary N) is 1. The van der Waals surface area contributed by atoms with Gasteiger partial charge in [0, 0.05) is 12.1 Å². The summed E-state index contributed by atoms with van der Waals surface area (Å²) in [5, 5.41) is 9.10. The molecule has 0 amide bonds. The zero-order chi connectivity index (χ0) is 15.5. The number of imidazole rings is 1. The van der Waals surface area contributed by atoms with E-state index >= 15 is 0 Å². The van der Waals surface area contributed by atoms with Crippen molar-refractivity contribution < 1.29 is 0 Å². The summed E-state index contributed by atoms with van der Waals surface area (Å²) >= 11 is 0. The lowest BCUT2D eigenvalue weighted by Gasteiger charge is -2.01. The summed E-state index contributed by atoms with van der Waals surface area (Å²) in [4.78, 5) is 8.12. The van der Waals surface area contributed by atoms with Crippen molar-refractivity contribution in [3.63, 3.8) is 0 Å². The fourth-order valence-electron chi connectivity index (χ4n) is 2.71. The lowest BCUT2D eigenvalue weighted by atomic mass is 10.1. The Balaban J connectivity index is 2.39. The van der Waals surface area contributed by atoms with Crippen LogP contribution >= 0.6 is 0 Å². The van der Waals surface area contributed by atoms with Crippen LogP contribution in [0.3, 0.4) is 0 Å². The van der Waals surface area contributed by atoms with E-state index in [-0.39, 0.29) is 5.92 Å². The first-order chi connectivity index (χ1) is 10.2. The minimum absolute atomic E-state index is 0.106. The third-order valence-electron chi connectivity index (χ3n) is 3.98. The topological polar surface area (TPSA) is 52.5 Å². The molecule has 1 rings (SSSR count). The number of aromatic amines is 1. The third-order valence-corrected chi connectivity index (χ3v) is 3.98. The molecule has 0 aliphatic heterocycles. The fraction of sp³-hybridized carbons (Fsp3) is 0.778. The first-order valence-corrected chi connectivity index (χ1v) is 8.70. The van der Waals surface area contributed by atoms with Crippen LogP contribution in [0.5, 0.6) is 0 Å². The lowest BCUT2D eigenvalue weighted by Crippen LogP contribution is -1.96. The molecular formula is C18H31N3. The molecule has 3 heteroatoms. The largest absolute Gasteiger partial charge is 0.346 e. The Morgan fingerprint density at radius 2 is 1.67 bits per heavy atom. The fourth-order valence-corrected chi connectivity index (χ4v) is 2.71. The van der Waals surface area contributed by atoms with Gasteiger partial charge >= 0.3 is 0 Å². The van der Waals surface area contributed by atoms with E-state index in [4.69, 9.17) is 5.26 Å². The minimum atomic E-state index is -0.106. The molecule has 0 saturated carbocycles. The second kappa shape index (κ2) is 10.4. The van der Waals surface area contributed by atoms with Crippen LogP contribution in [0.4, 0.5) is 0 Å². The molecule has 1 aromatic heterocycles. The molecule has 0 aromatic carbocycles. The van der Waals surface area contributed by atoms with Crippen LogP contribution in [-0.2, 0) is 12.8 Å². The van der Waals surface area contributed by atoms with E-state index in [1.165, 1.54) is 50.6 Å². The molecule has 0 bridgehead atoms. The van der Waals surface area contributed by atoms with Gasteiger partial charge in [-0.15, -0.1) is 0 Å². The predicted octanol–water partition coefficient (Wildman–Crippen LogP) is 5.28. The number of unbranched alkanes of at least 4 members (excludes halogenated alkanes) is 6. The molecule has 0 spiro atoms. The van der Waals surface area contributed by atoms with Gasteiger partial charge in [-0.05, 0) is 19.8 Å². The Labute approximate surface area is 130 Å². The van der Waals surface area contributed by atoms with E-state index in [2.05, 4.69) is 29.9 Å². The second-order valence-electron chi connectivity index (χ2n) is 6.02. The van der Waals surface area contributed by atoms with Crippen molar-refractivity contribution >= 4 is 0 Å². The first kappa shape index (κ1) is 17.8. The Morgan fingerprint density at radius 3 is 2.29 bits per heavy atom. The molecule has 1 atom stereocenters. The highest BCUT2D eigenvalue weighted by Gasteiger charge is 2.15. The van der Waals surface area contributed by atoms with Gasteiger partial charge in [0.1, 0.15) is 5.82 Å². The van der Waals surface area contributed by atoms with Crippen LogP contribution in [-0.4, -0.2) is 9.97 Å². The molecule has 0 saturated heterocycles. The maximum Gasteiger partial charge on any atom is 0.106 e. The number of nitriles is 1. The van der Waals surface area contributed by atoms with Gasteiger partial charge in [-0.2, -0.15) is 5.26 Å². The SMILES string of the molecule is CCCCCCCCCc1nc(C(C)C#N)c(CCC)[nH]1. The highest BCUT2D eigenvalue weighted by Crippen LogP contribution is 2.19. The Kier molecular flexibility index (Phi) is 8.82. The normalized spacial score (nSPS) is 12.3. The van der Waals surface area contributed by atoms with E-state index in [1.807, 2.05) is 6.92 Å². The van der Waals surface area contributed by atoms with Gasteiger partial charge in [-0.1, -0.05) is 58.8 Å². The van der Waals surface area contributed by atoms with E-state index < -0.39 is 0 Å². The van der Waals surface area contributed by atoms with Crippen LogP contribution in [0.25, 0.3) is 0 Å². The Morgan fingerprint density at radius 1 is 1.00 bits per heavy atom. The summed E-state index contributed by atoms with van der Waals surface area (Å²) < 4.78 is 0. The van der Waals surface area contributed by atoms with Crippen molar-refractivity contribution in [3.8, 4) is 6.07 Å². The van der Waals surface area contributed by atoms with Crippen molar-refractivity contribution in [2.75, 3.05) is 0 Å². The molecular weight excluding hydrogens is 258 g/mol. The van der Waals surface area contributed by atoms with Gasteiger partial charge in [0.2, 0.25) is 0 Å². The molecule has 3 nitrogen and oxygen atoms in total. The van der Waals surface area contributed by atoms with E-state index in [1.54, 1.807) is 0 Å². The van der Waals surface area contributed by atoms with Crippen LogP contribution < -0.4 is 0 Å². The number of hydrogen-bond donors (Lipinski definition) is 1. The molecule has 118 valence electrons. The van der Waals surface area contributed by atoms with Gasteiger partial charge in [0.05, 0.1) is 17.7 Å². The van der Waals surface area contributed by atoms with Crippen molar-refractivity contribution in [2.45, 2.75) is 90.9 Å². The molecule has 1 aromatic rings.